The Morgan fingerprint density at radius 2 is 1.79 bits per heavy atom. The van der Waals surface area contributed by atoms with Gasteiger partial charge in [0.25, 0.3) is 10.0 Å². The number of nitrogens with zero attached hydrogens (tertiary/aromatic N) is 1. The van der Waals surface area contributed by atoms with E-state index in [9.17, 15) is 8.42 Å². The molecule has 1 N–H and O–H groups in total. The highest BCUT2D eigenvalue weighted by atomic mass is 32.2. The fraction of sp³-hybridized carbons (Fsp3) is 0.211. The number of hydrogen-bond acceptors (Lipinski definition) is 3. The molecule has 0 spiro atoms. The Morgan fingerprint density at radius 3 is 2.62 bits per heavy atom. The maximum absolute atomic E-state index is 12.9. The van der Waals surface area contributed by atoms with E-state index in [-0.39, 0.29) is 4.90 Å². The van der Waals surface area contributed by atoms with E-state index in [4.69, 9.17) is 0 Å². The van der Waals surface area contributed by atoms with Crippen LogP contribution in [0.25, 0.3) is 10.9 Å². The Hall–Kier alpha value is -2.40. The number of aryl methyl sites for hydroxylation is 1. The molecule has 5 heteroatoms. The topological polar surface area (TPSA) is 59.1 Å². The Balaban J connectivity index is 2.00. The molecule has 0 atom stereocenters. The van der Waals surface area contributed by atoms with Gasteiger partial charge in [-0.25, -0.2) is 8.42 Å². The highest BCUT2D eigenvalue weighted by Crippen LogP contribution is 2.25. The van der Waals surface area contributed by atoms with Crippen LogP contribution >= 0.6 is 0 Å². The fourth-order valence-corrected chi connectivity index (χ4v) is 3.98. The fourth-order valence-electron chi connectivity index (χ4n) is 2.70. The van der Waals surface area contributed by atoms with Gasteiger partial charge in [0.15, 0.2) is 0 Å². The minimum Gasteiger partial charge on any atom is -0.279 e. The number of sulfonamides is 1. The molecule has 3 rings (SSSR count). The molecule has 124 valence electrons. The van der Waals surface area contributed by atoms with Gasteiger partial charge in [0.05, 0.1) is 11.2 Å². The van der Waals surface area contributed by atoms with Crippen LogP contribution in [0.5, 0.6) is 0 Å². The third-order valence-electron chi connectivity index (χ3n) is 3.95. The van der Waals surface area contributed by atoms with Gasteiger partial charge < -0.3 is 0 Å². The van der Waals surface area contributed by atoms with E-state index in [2.05, 4.69) is 16.6 Å². The molecule has 0 aliphatic heterocycles. The summed E-state index contributed by atoms with van der Waals surface area (Å²) in [5.41, 5.74) is 2.13. The van der Waals surface area contributed by atoms with Gasteiger partial charge in [0.1, 0.15) is 4.90 Å². The van der Waals surface area contributed by atoms with Crippen molar-refractivity contribution < 1.29 is 8.42 Å². The SMILES string of the molecule is CCCCc1ccccc1NS(=O)(=O)c1cccc2cccnc12. The third kappa shape index (κ3) is 3.41. The highest BCUT2D eigenvalue weighted by molar-refractivity contribution is 7.93. The van der Waals surface area contributed by atoms with Crippen molar-refractivity contribution in [2.75, 3.05) is 4.72 Å². The number of aromatic nitrogens is 1. The predicted octanol–water partition coefficient (Wildman–Crippen LogP) is 4.38. The zero-order valence-electron chi connectivity index (χ0n) is 13.6. The summed E-state index contributed by atoms with van der Waals surface area (Å²) in [5.74, 6) is 0. The lowest BCUT2D eigenvalue weighted by atomic mass is 10.1. The van der Waals surface area contributed by atoms with Crippen molar-refractivity contribution in [3.05, 3.63) is 66.4 Å². The van der Waals surface area contributed by atoms with Crippen molar-refractivity contribution in [2.45, 2.75) is 31.1 Å². The van der Waals surface area contributed by atoms with Gasteiger partial charge in [-0.3, -0.25) is 9.71 Å². The van der Waals surface area contributed by atoms with Crippen molar-refractivity contribution in [1.29, 1.82) is 0 Å². The van der Waals surface area contributed by atoms with E-state index < -0.39 is 10.0 Å². The molecule has 0 aliphatic carbocycles. The van der Waals surface area contributed by atoms with E-state index in [0.29, 0.717) is 11.2 Å². The van der Waals surface area contributed by atoms with E-state index in [0.717, 1.165) is 30.2 Å². The summed E-state index contributed by atoms with van der Waals surface area (Å²) in [7, 11) is -3.70. The van der Waals surface area contributed by atoms with E-state index >= 15 is 0 Å². The van der Waals surface area contributed by atoms with Crippen LogP contribution in [0.4, 0.5) is 5.69 Å². The van der Waals surface area contributed by atoms with Crippen LogP contribution in [0, 0.1) is 0 Å². The molecule has 0 amide bonds. The van der Waals surface area contributed by atoms with Crippen molar-refractivity contribution in [3.8, 4) is 0 Å². The molecule has 0 aliphatic rings. The van der Waals surface area contributed by atoms with Gasteiger partial charge in [-0.1, -0.05) is 49.7 Å². The van der Waals surface area contributed by atoms with Crippen LogP contribution in [0.2, 0.25) is 0 Å². The minimum atomic E-state index is -3.70. The molecule has 4 nitrogen and oxygen atoms in total. The van der Waals surface area contributed by atoms with Gasteiger partial charge in [-0.2, -0.15) is 0 Å². The first kappa shape index (κ1) is 16.5. The molecule has 0 saturated carbocycles. The van der Waals surface area contributed by atoms with Crippen molar-refractivity contribution in [3.63, 3.8) is 0 Å². The average Bonchev–Trinajstić information content (AvgIpc) is 2.60. The van der Waals surface area contributed by atoms with E-state index in [1.165, 1.54) is 0 Å². The van der Waals surface area contributed by atoms with E-state index in [1.807, 2.05) is 30.3 Å². The smallest absolute Gasteiger partial charge is 0.264 e. The van der Waals surface area contributed by atoms with Gasteiger partial charge >= 0.3 is 0 Å². The molecule has 0 bridgehead atoms. The molecule has 0 fully saturated rings. The Bertz CT molecular complexity index is 947. The second kappa shape index (κ2) is 7.01. The summed E-state index contributed by atoms with van der Waals surface area (Å²) in [6, 6.07) is 16.4. The Labute approximate surface area is 142 Å². The van der Waals surface area contributed by atoms with Gasteiger partial charge in [-0.15, -0.1) is 0 Å². The number of nitrogens with one attached hydrogen (secondary N) is 1. The Kier molecular flexibility index (Phi) is 4.81. The number of fused-ring (bicyclic) bond motifs is 1. The number of hydrogen-bond donors (Lipinski definition) is 1. The van der Waals surface area contributed by atoms with Crippen LogP contribution in [0.3, 0.4) is 0 Å². The summed E-state index contributed by atoms with van der Waals surface area (Å²) < 4.78 is 28.5. The number of rotatable bonds is 6. The maximum Gasteiger partial charge on any atom is 0.264 e. The van der Waals surface area contributed by atoms with Crippen LogP contribution in [-0.2, 0) is 16.4 Å². The summed E-state index contributed by atoms with van der Waals surface area (Å²) in [6.07, 6.45) is 4.54. The molecular weight excluding hydrogens is 320 g/mol. The first-order valence-electron chi connectivity index (χ1n) is 8.06. The standard InChI is InChI=1S/C19H20N2O2S/c1-2-3-8-15-9-4-5-12-17(15)21-24(22,23)18-13-6-10-16-11-7-14-20-19(16)18/h4-7,9-14,21H,2-3,8H2,1H3. The second-order valence-electron chi connectivity index (χ2n) is 5.70. The Morgan fingerprint density at radius 1 is 1.00 bits per heavy atom. The lowest BCUT2D eigenvalue weighted by Gasteiger charge is -2.13. The number of benzene rings is 2. The van der Waals surface area contributed by atoms with E-state index in [1.54, 1.807) is 30.5 Å². The molecule has 0 saturated heterocycles. The normalized spacial score (nSPS) is 11.5. The van der Waals surface area contributed by atoms with Gasteiger partial charge in [0, 0.05) is 11.6 Å². The molecule has 2 aromatic carbocycles. The van der Waals surface area contributed by atoms with Crippen LogP contribution in [0.1, 0.15) is 25.3 Å². The zero-order valence-corrected chi connectivity index (χ0v) is 14.4. The zero-order chi connectivity index (χ0) is 17.0. The third-order valence-corrected chi connectivity index (χ3v) is 5.34. The average molecular weight is 340 g/mol. The number of pyridine rings is 1. The maximum atomic E-state index is 12.9. The monoisotopic (exact) mass is 340 g/mol. The van der Waals surface area contributed by atoms with Gasteiger partial charge in [0.2, 0.25) is 0 Å². The number of unbranched alkanes of at least 4 members (excludes halogenated alkanes) is 1. The molecule has 24 heavy (non-hydrogen) atoms. The molecule has 3 aromatic rings. The quantitative estimate of drug-likeness (QED) is 0.724. The van der Waals surface area contributed by atoms with Crippen LogP contribution < -0.4 is 4.72 Å². The lowest BCUT2D eigenvalue weighted by molar-refractivity contribution is 0.602. The summed E-state index contributed by atoms with van der Waals surface area (Å²) in [4.78, 5) is 4.44. The molecule has 1 heterocycles. The number of anilines is 1. The highest BCUT2D eigenvalue weighted by Gasteiger charge is 2.19. The van der Waals surface area contributed by atoms with Crippen molar-refractivity contribution in [1.82, 2.24) is 4.98 Å². The second-order valence-corrected chi connectivity index (χ2v) is 7.35. The predicted molar refractivity (Wildman–Crippen MR) is 97.6 cm³/mol. The van der Waals surface area contributed by atoms with Gasteiger partial charge in [-0.05, 0) is 36.6 Å². The first-order chi connectivity index (χ1) is 11.6. The molecule has 1 aromatic heterocycles. The lowest BCUT2D eigenvalue weighted by Crippen LogP contribution is -2.15. The summed E-state index contributed by atoms with van der Waals surface area (Å²) in [5, 5.41) is 0.805. The number of para-hydroxylation sites is 2. The molecule has 0 radical (unpaired) electrons. The molecular formula is C19H20N2O2S. The van der Waals surface area contributed by atoms with Crippen LogP contribution in [0.15, 0.2) is 65.7 Å². The van der Waals surface area contributed by atoms with Crippen LogP contribution in [-0.4, -0.2) is 13.4 Å². The van der Waals surface area contributed by atoms with Crippen molar-refractivity contribution >= 4 is 26.6 Å². The first-order valence-corrected chi connectivity index (χ1v) is 9.54. The summed E-state index contributed by atoms with van der Waals surface area (Å²) in [6.45, 7) is 2.12. The largest absolute Gasteiger partial charge is 0.279 e. The molecule has 0 unspecified atom stereocenters. The minimum absolute atomic E-state index is 0.200. The van der Waals surface area contributed by atoms with Crippen molar-refractivity contribution in [2.24, 2.45) is 0 Å². The summed E-state index contributed by atoms with van der Waals surface area (Å²) >= 11 is 0.